The van der Waals surface area contributed by atoms with E-state index >= 15 is 0 Å². The number of pyridine rings is 1. The number of aromatic nitrogens is 1. The van der Waals surface area contributed by atoms with Crippen LogP contribution in [-0.4, -0.2) is 48.0 Å². The Morgan fingerprint density at radius 2 is 1.79 bits per heavy atom. The van der Waals surface area contributed by atoms with Crippen LogP contribution in [0.25, 0.3) is 0 Å². The summed E-state index contributed by atoms with van der Waals surface area (Å²) in [4.78, 5) is 34.7. The van der Waals surface area contributed by atoms with E-state index < -0.39 is 0 Å². The summed E-state index contributed by atoms with van der Waals surface area (Å²) in [7, 11) is 1.91. The van der Waals surface area contributed by atoms with Crippen molar-refractivity contribution in [2.75, 3.05) is 25.0 Å². The molecule has 1 atom stereocenters. The van der Waals surface area contributed by atoms with Gasteiger partial charge in [-0.05, 0) is 71.7 Å². The van der Waals surface area contributed by atoms with Crippen LogP contribution in [0.5, 0.6) is 0 Å². The number of carbonyl (C=O) groups excluding carboxylic acids is 2. The largest absolute Gasteiger partial charge is 0.371 e. The zero-order valence-electron chi connectivity index (χ0n) is 22.8. The lowest BCUT2D eigenvalue weighted by molar-refractivity contribution is 0.0709. The van der Waals surface area contributed by atoms with E-state index in [4.69, 9.17) is 11.6 Å². The number of halogens is 1. The lowest BCUT2D eigenvalue weighted by Crippen LogP contribution is -2.45. The van der Waals surface area contributed by atoms with Crippen molar-refractivity contribution < 1.29 is 9.59 Å². The molecule has 1 aliphatic heterocycles. The van der Waals surface area contributed by atoms with E-state index in [1.807, 2.05) is 72.9 Å². The van der Waals surface area contributed by atoms with E-state index in [0.29, 0.717) is 17.1 Å². The average molecular weight is 546 g/mol. The van der Waals surface area contributed by atoms with E-state index in [0.717, 1.165) is 43.5 Å². The maximum absolute atomic E-state index is 13.6. The summed E-state index contributed by atoms with van der Waals surface area (Å²) in [6, 6.07) is 17.3. The summed E-state index contributed by atoms with van der Waals surface area (Å²) in [5.74, 6) is 0.0202. The van der Waals surface area contributed by atoms with Crippen LogP contribution in [0.15, 0.2) is 67.0 Å². The van der Waals surface area contributed by atoms with Crippen molar-refractivity contribution in [3.63, 3.8) is 0 Å². The Hall–Kier alpha value is -3.58. The van der Waals surface area contributed by atoms with Crippen LogP contribution in [0.4, 0.5) is 10.5 Å². The molecule has 1 fully saturated rings. The van der Waals surface area contributed by atoms with Crippen molar-refractivity contribution in [1.82, 2.24) is 20.5 Å². The molecule has 0 radical (unpaired) electrons. The molecule has 3 aromatic rings. The number of rotatable bonds is 6. The topological polar surface area (TPSA) is 77.6 Å². The molecule has 8 heteroatoms. The Morgan fingerprint density at radius 1 is 1.08 bits per heavy atom. The fourth-order valence-electron chi connectivity index (χ4n) is 5.92. The standard InChI is InChI=1S/C31H36ClN5O2/c1-31(2)19-28(35-30(39)34-20-22-6-4-5-7-27(22)32)25-18-21(8-9-26(25)31)29(38)36(3)23-12-16-37(17-13-23)24-10-14-33-15-11-24/h4-11,14-15,18,23,28H,12-13,16-17,19-20H2,1-3H3,(H2,34,35,39). The molecule has 1 aliphatic carbocycles. The summed E-state index contributed by atoms with van der Waals surface area (Å²) in [6.45, 7) is 6.51. The average Bonchev–Trinajstić information content (AvgIpc) is 3.20. The van der Waals surface area contributed by atoms with Crippen LogP contribution in [0.1, 0.15) is 66.2 Å². The van der Waals surface area contributed by atoms with Gasteiger partial charge in [0.05, 0.1) is 6.04 Å². The minimum Gasteiger partial charge on any atom is -0.371 e. The summed E-state index contributed by atoms with van der Waals surface area (Å²) in [6.07, 6.45) is 6.23. The highest BCUT2D eigenvalue weighted by Crippen LogP contribution is 2.45. The Kier molecular flexibility index (Phi) is 7.80. The molecule has 7 nitrogen and oxygen atoms in total. The Balaban J connectivity index is 1.24. The molecule has 1 unspecified atom stereocenters. The molecule has 5 rings (SSSR count). The normalized spacial score (nSPS) is 18.4. The molecular weight excluding hydrogens is 510 g/mol. The van der Waals surface area contributed by atoms with E-state index in [-0.39, 0.29) is 29.4 Å². The highest BCUT2D eigenvalue weighted by atomic mass is 35.5. The third-order valence-corrected chi connectivity index (χ3v) is 8.55. The number of amides is 3. The van der Waals surface area contributed by atoms with Gasteiger partial charge in [-0.15, -0.1) is 0 Å². The SMILES string of the molecule is CN(C(=O)c1ccc2c(c1)C(NC(=O)NCc1ccccc1Cl)CC2(C)C)C1CCN(c2ccncc2)CC1. The van der Waals surface area contributed by atoms with Crippen molar-refractivity contribution in [2.45, 2.75) is 57.2 Å². The molecule has 1 aromatic heterocycles. The number of urea groups is 1. The number of hydrogen-bond donors (Lipinski definition) is 2. The predicted octanol–water partition coefficient (Wildman–Crippen LogP) is 5.70. The van der Waals surface area contributed by atoms with Gasteiger partial charge in [0.25, 0.3) is 5.91 Å². The Bertz CT molecular complexity index is 1340. The number of nitrogens with zero attached hydrogens (tertiary/aromatic N) is 3. The second kappa shape index (κ2) is 11.3. The Morgan fingerprint density at radius 3 is 2.51 bits per heavy atom. The van der Waals surface area contributed by atoms with E-state index in [1.54, 1.807) is 0 Å². The molecule has 0 bridgehead atoms. The van der Waals surface area contributed by atoms with Crippen molar-refractivity contribution in [2.24, 2.45) is 0 Å². The quantitative estimate of drug-likeness (QED) is 0.416. The third-order valence-electron chi connectivity index (χ3n) is 8.18. The summed E-state index contributed by atoms with van der Waals surface area (Å²) < 4.78 is 0. The van der Waals surface area contributed by atoms with Gasteiger partial charge in [-0.1, -0.05) is 49.7 Å². The molecule has 2 heterocycles. The molecule has 1 saturated heterocycles. The zero-order chi connectivity index (χ0) is 27.6. The maximum Gasteiger partial charge on any atom is 0.315 e. The lowest BCUT2D eigenvalue weighted by atomic mass is 9.86. The molecule has 2 aliphatic rings. The van der Waals surface area contributed by atoms with Crippen LogP contribution in [0.3, 0.4) is 0 Å². The van der Waals surface area contributed by atoms with Gasteiger partial charge < -0.3 is 20.4 Å². The number of nitrogens with one attached hydrogen (secondary N) is 2. The van der Waals surface area contributed by atoms with Crippen molar-refractivity contribution in [3.05, 3.63) is 94.3 Å². The lowest BCUT2D eigenvalue weighted by Gasteiger charge is -2.38. The van der Waals surface area contributed by atoms with Gasteiger partial charge in [-0.2, -0.15) is 0 Å². The molecule has 204 valence electrons. The van der Waals surface area contributed by atoms with Gasteiger partial charge in [0.2, 0.25) is 0 Å². The molecule has 2 aromatic carbocycles. The zero-order valence-corrected chi connectivity index (χ0v) is 23.5. The second-order valence-electron chi connectivity index (χ2n) is 11.2. The van der Waals surface area contributed by atoms with Crippen LogP contribution in [-0.2, 0) is 12.0 Å². The third kappa shape index (κ3) is 5.88. The number of anilines is 1. The maximum atomic E-state index is 13.6. The molecule has 0 spiro atoms. The number of carbonyl (C=O) groups is 2. The smallest absolute Gasteiger partial charge is 0.315 e. The fraction of sp³-hybridized carbons (Fsp3) is 0.387. The summed E-state index contributed by atoms with van der Waals surface area (Å²) in [5.41, 5.74) is 4.78. The fourth-order valence-corrected chi connectivity index (χ4v) is 6.12. The Labute approximate surface area is 235 Å². The first-order valence-electron chi connectivity index (χ1n) is 13.6. The van der Waals surface area contributed by atoms with Gasteiger partial charge >= 0.3 is 6.03 Å². The van der Waals surface area contributed by atoms with Gasteiger partial charge in [0.1, 0.15) is 0 Å². The van der Waals surface area contributed by atoms with Gasteiger partial charge in [-0.3, -0.25) is 9.78 Å². The highest BCUT2D eigenvalue weighted by molar-refractivity contribution is 6.31. The molecular formula is C31H36ClN5O2. The molecule has 2 N–H and O–H groups in total. The number of hydrogen-bond acceptors (Lipinski definition) is 4. The molecule has 3 amide bonds. The monoisotopic (exact) mass is 545 g/mol. The molecule has 0 saturated carbocycles. The van der Waals surface area contributed by atoms with Gasteiger partial charge in [-0.25, -0.2) is 4.79 Å². The number of fused-ring (bicyclic) bond motifs is 1. The summed E-state index contributed by atoms with van der Waals surface area (Å²) >= 11 is 6.23. The minimum atomic E-state index is -0.252. The van der Waals surface area contributed by atoms with Gasteiger partial charge in [0, 0.05) is 61.4 Å². The first kappa shape index (κ1) is 27.0. The van der Waals surface area contributed by atoms with Crippen LogP contribution >= 0.6 is 11.6 Å². The van der Waals surface area contributed by atoms with Gasteiger partial charge in [0.15, 0.2) is 0 Å². The highest BCUT2D eigenvalue weighted by Gasteiger charge is 2.38. The van der Waals surface area contributed by atoms with Crippen LogP contribution < -0.4 is 15.5 Å². The molecule has 39 heavy (non-hydrogen) atoms. The first-order valence-corrected chi connectivity index (χ1v) is 13.9. The predicted molar refractivity (Wildman–Crippen MR) is 155 cm³/mol. The van der Waals surface area contributed by atoms with Crippen LogP contribution in [0.2, 0.25) is 5.02 Å². The van der Waals surface area contributed by atoms with Crippen LogP contribution in [0, 0.1) is 0 Å². The van der Waals surface area contributed by atoms with E-state index in [2.05, 4.69) is 40.4 Å². The summed E-state index contributed by atoms with van der Waals surface area (Å²) in [5, 5.41) is 6.68. The van der Waals surface area contributed by atoms with Crippen molar-refractivity contribution >= 4 is 29.2 Å². The number of piperidine rings is 1. The first-order chi connectivity index (χ1) is 18.7. The van der Waals surface area contributed by atoms with E-state index in [9.17, 15) is 9.59 Å². The van der Waals surface area contributed by atoms with Crippen molar-refractivity contribution in [3.8, 4) is 0 Å². The van der Waals surface area contributed by atoms with E-state index in [1.165, 1.54) is 11.3 Å². The van der Waals surface area contributed by atoms with Crippen molar-refractivity contribution in [1.29, 1.82) is 0 Å². The minimum absolute atomic E-state index is 0.0202. The second-order valence-corrected chi connectivity index (χ2v) is 11.6. The number of benzene rings is 2.